The van der Waals surface area contributed by atoms with Crippen molar-refractivity contribution in [2.24, 2.45) is 0 Å². The van der Waals surface area contributed by atoms with Crippen molar-refractivity contribution in [2.75, 3.05) is 23.8 Å². The van der Waals surface area contributed by atoms with Crippen LogP contribution in [0, 0.1) is 0 Å². The quantitative estimate of drug-likeness (QED) is 0.559. The largest absolute Gasteiger partial charge is 0.491 e. The Morgan fingerprint density at radius 3 is 2.54 bits per heavy atom. The van der Waals surface area contributed by atoms with E-state index >= 15 is 0 Å². The fraction of sp³-hybridized carbons (Fsp3) is 0.227. The van der Waals surface area contributed by atoms with Crippen molar-refractivity contribution in [3.8, 4) is 5.75 Å². The summed E-state index contributed by atoms with van der Waals surface area (Å²) in [5.74, 6) is 0.601. The first-order valence-electron chi connectivity index (χ1n) is 9.01. The van der Waals surface area contributed by atoms with Crippen LogP contribution < -0.4 is 15.4 Å². The lowest BCUT2D eigenvalue weighted by Gasteiger charge is -2.13. The van der Waals surface area contributed by atoms with Crippen LogP contribution in [0.3, 0.4) is 0 Å². The molecular formula is C22H24N2O2. The summed E-state index contributed by atoms with van der Waals surface area (Å²) >= 11 is 0. The maximum Gasteiger partial charge on any atom is 0.243 e. The van der Waals surface area contributed by atoms with Gasteiger partial charge in [0.05, 0.1) is 18.8 Å². The van der Waals surface area contributed by atoms with Gasteiger partial charge in [-0.1, -0.05) is 61.9 Å². The minimum Gasteiger partial charge on any atom is -0.491 e. The monoisotopic (exact) mass is 348 g/mol. The molecule has 26 heavy (non-hydrogen) atoms. The first-order valence-corrected chi connectivity index (χ1v) is 9.01. The number of amides is 1. The zero-order valence-corrected chi connectivity index (χ0v) is 15.0. The lowest BCUT2D eigenvalue weighted by Crippen LogP contribution is -2.22. The van der Waals surface area contributed by atoms with Crippen LogP contribution in [-0.4, -0.2) is 19.1 Å². The van der Waals surface area contributed by atoms with Gasteiger partial charge in [0.15, 0.2) is 0 Å². The number of hydrogen-bond acceptors (Lipinski definition) is 3. The average molecular weight is 348 g/mol. The van der Waals surface area contributed by atoms with E-state index in [1.165, 1.54) is 0 Å². The molecule has 0 aromatic heterocycles. The van der Waals surface area contributed by atoms with Gasteiger partial charge in [0.1, 0.15) is 5.75 Å². The Hall–Kier alpha value is -3.01. The highest BCUT2D eigenvalue weighted by molar-refractivity contribution is 5.98. The van der Waals surface area contributed by atoms with Crippen LogP contribution in [0.4, 0.5) is 11.4 Å². The summed E-state index contributed by atoms with van der Waals surface area (Å²) < 4.78 is 5.76. The fourth-order valence-corrected chi connectivity index (χ4v) is 2.77. The third-order valence-electron chi connectivity index (χ3n) is 4.15. The minimum absolute atomic E-state index is 0.107. The number of carbonyl (C=O) groups is 1. The molecule has 4 heteroatoms. The number of unbranched alkanes of at least 4 members (excludes halogenated alkanes) is 1. The predicted molar refractivity (Wildman–Crippen MR) is 108 cm³/mol. The molecule has 0 fully saturated rings. The van der Waals surface area contributed by atoms with E-state index in [9.17, 15) is 4.79 Å². The summed E-state index contributed by atoms with van der Waals surface area (Å²) in [5.41, 5.74) is 1.65. The second-order valence-corrected chi connectivity index (χ2v) is 6.13. The first kappa shape index (κ1) is 17.8. The molecule has 0 atom stereocenters. The molecule has 3 aromatic rings. The average Bonchev–Trinajstić information content (AvgIpc) is 2.68. The molecule has 4 nitrogen and oxygen atoms in total. The van der Waals surface area contributed by atoms with E-state index in [4.69, 9.17) is 4.74 Å². The molecule has 0 heterocycles. The van der Waals surface area contributed by atoms with Gasteiger partial charge in [0.2, 0.25) is 5.91 Å². The van der Waals surface area contributed by atoms with E-state index in [1.807, 2.05) is 54.6 Å². The molecule has 0 bridgehead atoms. The van der Waals surface area contributed by atoms with Gasteiger partial charge in [-0.2, -0.15) is 0 Å². The third kappa shape index (κ3) is 4.54. The number of benzene rings is 3. The van der Waals surface area contributed by atoms with Crippen molar-refractivity contribution >= 4 is 28.1 Å². The SMILES string of the molecule is CCCCOc1ccccc1NC(=O)CNc1cccc2ccccc12. The molecule has 0 saturated carbocycles. The normalized spacial score (nSPS) is 10.5. The van der Waals surface area contributed by atoms with Crippen molar-refractivity contribution in [3.05, 3.63) is 66.7 Å². The van der Waals surface area contributed by atoms with Crippen molar-refractivity contribution in [1.82, 2.24) is 0 Å². The Kier molecular flexibility index (Phi) is 6.09. The summed E-state index contributed by atoms with van der Waals surface area (Å²) in [6.45, 7) is 2.96. The van der Waals surface area contributed by atoms with Gasteiger partial charge < -0.3 is 15.4 Å². The summed E-state index contributed by atoms with van der Waals surface area (Å²) in [4.78, 5) is 12.4. The number of para-hydroxylation sites is 2. The van der Waals surface area contributed by atoms with Gasteiger partial charge in [0, 0.05) is 11.1 Å². The summed E-state index contributed by atoms with van der Waals surface area (Å²) in [5, 5.41) is 8.40. The molecule has 0 unspecified atom stereocenters. The molecule has 0 aliphatic carbocycles. The van der Waals surface area contributed by atoms with Crippen LogP contribution in [0.15, 0.2) is 66.7 Å². The third-order valence-corrected chi connectivity index (χ3v) is 4.15. The number of carbonyl (C=O) groups excluding carboxylic acids is 1. The van der Waals surface area contributed by atoms with E-state index in [2.05, 4.69) is 29.7 Å². The van der Waals surface area contributed by atoms with Crippen molar-refractivity contribution in [2.45, 2.75) is 19.8 Å². The van der Waals surface area contributed by atoms with Gasteiger partial charge in [-0.15, -0.1) is 0 Å². The van der Waals surface area contributed by atoms with E-state index in [0.717, 1.165) is 29.3 Å². The number of anilines is 2. The van der Waals surface area contributed by atoms with E-state index in [-0.39, 0.29) is 12.5 Å². The molecule has 0 radical (unpaired) electrons. The van der Waals surface area contributed by atoms with E-state index in [0.29, 0.717) is 18.0 Å². The molecule has 0 aliphatic rings. The summed E-state index contributed by atoms with van der Waals surface area (Å²) in [7, 11) is 0. The summed E-state index contributed by atoms with van der Waals surface area (Å²) in [6, 6.07) is 21.7. The Morgan fingerprint density at radius 2 is 1.65 bits per heavy atom. The first-order chi connectivity index (χ1) is 12.8. The molecule has 3 aromatic carbocycles. The predicted octanol–water partition coefficient (Wildman–Crippen LogP) is 5.07. The zero-order valence-electron chi connectivity index (χ0n) is 15.0. The van der Waals surface area contributed by atoms with E-state index < -0.39 is 0 Å². The van der Waals surface area contributed by atoms with Crippen molar-refractivity contribution < 1.29 is 9.53 Å². The molecule has 0 saturated heterocycles. The highest BCUT2D eigenvalue weighted by Gasteiger charge is 2.08. The van der Waals surface area contributed by atoms with Crippen LogP contribution in [0.5, 0.6) is 5.75 Å². The van der Waals surface area contributed by atoms with Gasteiger partial charge >= 0.3 is 0 Å². The number of rotatable bonds is 8. The molecule has 1 amide bonds. The second kappa shape index (κ2) is 8.90. The molecular weight excluding hydrogens is 324 g/mol. The van der Waals surface area contributed by atoms with Gasteiger partial charge in [0.25, 0.3) is 0 Å². The Balaban J connectivity index is 1.62. The Morgan fingerprint density at radius 1 is 0.923 bits per heavy atom. The Labute approximate surface area is 154 Å². The second-order valence-electron chi connectivity index (χ2n) is 6.13. The number of ether oxygens (including phenoxy) is 1. The molecule has 0 aliphatic heterocycles. The van der Waals surface area contributed by atoms with Crippen LogP contribution in [0.2, 0.25) is 0 Å². The highest BCUT2D eigenvalue weighted by Crippen LogP contribution is 2.25. The molecule has 2 N–H and O–H groups in total. The van der Waals surface area contributed by atoms with Crippen LogP contribution >= 0.6 is 0 Å². The fourth-order valence-electron chi connectivity index (χ4n) is 2.77. The van der Waals surface area contributed by atoms with Crippen LogP contribution in [0.1, 0.15) is 19.8 Å². The number of nitrogens with one attached hydrogen (secondary N) is 2. The number of fused-ring (bicyclic) bond motifs is 1. The minimum atomic E-state index is -0.107. The van der Waals surface area contributed by atoms with Gasteiger partial charge in [-0.05, 0) is 30.0 Å². The lowest BCUT2D eigenvalue weighted by molar-refractivity contribution is -0.114. The topological polar surface area (TPSA) is 50.4 Å². The maximum absolute atomic E-state index is 12.4. The van der Waals surface area contributed by atoms with Crippen LogP contribution in [0.25, 0.3) is 10.8 Å². The van der Waals surface area contributed by atoms with Crippen molar-refractivity contribution in [1.29, 1.82) is 0 Å². The van der Waals surface area contributed by atoms with Gasteiger partial charge in [-0.3, -0.25) is 4.79 Å². The highest BCUT2D eigenvalue weighted by atomic mass is 16.5. The van der Waals surface area contributed by atoms with Gasteiger partial charge in [-0.25, -0.2) is 0 Å². The smallest absolute Gasteiger partial charge is 0.243 e. The zero-order chi connectivity index (χ0) is 18.2. The summed E-state index contributed by atoms with van der Waals surface area (Å²) in [6.07, 6.45) is 2.06. The number of hydrogen-bond donors (Lipinski definition) is 2. The van der Waals surface area contributed by atoms with Crippen LogP contribution in [-0.2, 0) is 4.79 Å². The molecule has 134 valence electrons. The lowest BCUT2D eigenvalue weighted by atomic mass is 10.1. The molecule has 3 rings (SSSR count). The maximum atomic E-state index is 12.4. The van der Waals surface area contributed by atoms with Crippen molar-refractivity contribution in [3.63, 3.8) is 0 Å². The standard InChI is InChI=1S/C22H24N2O2/c1-2-3-15-26-21-14-7-6-12-20(21)24-22(25)16-23-19-13-8-10-17-9-4-5-11-18(17)19/h4-14,23H,2-3,15-16H2,1H3,(H,24,25). The molecule has 0 spiro atoms. The van der Waals surface area contributed by atoms with E-state index in [1.54, 1.807) is 0 Å². The Bertz CT molecular complexity index is 871.